The summed E-state index contributed by atoms with van der Waals surface area (Å²) in [4.78, 5) is 11.2. The van der Waals surface area contributed by atoms with Gasteiger partial charge < -0.3 is 5.32 Å². The first-order valence-corrected chi connectivity index (χ1v) is 4.96. The maximum absolute atomic E-state index is 11.2. The van der Waals surface area contributed by atoms with Gasteiger partial charge in [0.05, 0.1) is 0 Å². The van der Waals surface area contributed by atoms with Crippen LogP contribution in [0.2, 0.25) is 0 Å². The van der Waals surface area contributed by atoms with Gasteiger partial charge >= 0.3 is 0 Å². The van der Waals surface area contributed by atoms with Crippen molar-refractivity contribution < 1.29 is 4.79 Å². The van der Waals surface area contributed by atoms with Crippen molar-refractivity contribution in [3.05, 3.63) is 34.5 Å². The van der Waals surface area contributed by atoms with Crippen LogP contribution < -0.4 is 5.32 Å². The Bertz CT molecular complexity index is 354. The molecule has 3 heteroatoms. The van der Waals surface area contributed by atoms with Crippen molar-refractivity contribution in [2.75, 3.05) is 0 Å². The molecular formula is C10H10BrNO. The van der Waals surface area contributed by atoms with Gasteiger partial charge in [0, 0.05) is 22.5 Å². The number of carbonyl (C=O) groups excluding carboxylic acids is 1. The smallest absolute Gasteiger partial charge is 0.225 e. The number of carbonyl (C=O) groups is 1. The van der Waals surface area contributed by atoms with Gasteiger partial charge in [-0.3, -0.25) is 4.79 Å². The van der Waals surface area contributed by atoms with Crippen molar-refractivity contribution in [1.82, 2.24) is 5.32 Å². The van der Waals surface area contributed by atoms with Crippen molar-refractivity contribution in [3.8, 4) is 0 Å². The summed E-state index contributed by atoms with van der Waals surface area (Å²) >= 11 is 3.48. The van der Waals surface area contributed by atoms with E-state index in [9.17, 15) is 4.79 Å². The third-order valence-corrected chi connectivity index (χ3v) is 3.18. The van der Waals surface area contributed by atoms with Crippen LogP contribution in [0.25, 0.3) is 0 Å². The molecule has 1 aliphatic heterocycles. The van der Waals surface area contributed by atoms with Gasteiger partial charge in [-0.1, -0.05) is 35.0 Å². The lowest BCUT2D eigenvalue weighted by Gasteiger charge is -2.33. The molecule has 0 saturated carbocycles. The molecule has 1 aliphatic carbocycles. The highest BCUT2D eigenvalue weighted by Crippen LogP contribution is 2.43. The largest absolute Gasteiger partial charge is 0.332 e. The van der Waals surface area contributed by atoms with E-state index in [1.54, 1.807) is 6.20 Å². The molecule has 0 aromatic heterocycles. The van der Waals surface area contributed by atoms with Crippen LogP contribution in [0.15, 0.2) is 34.5 Å². The van der Waals surface area contributed by atoms with Crippen molar-refractivity contribution in [2.24, 2.45) is 5.41 Å². The Hall–Kier alpha value is -0.830. The van der Waals surface area contributed by atoms with Gasteiger partial charge in [0.2, 0.25) is 5.91 Å². The summed E-state index contributed by atoms with van der Waals surface area (Å²) in [5.41, 5.74) is 1.02. The highest BCUT2D eigenvalue weighted by atomic mass is 79.9. The van der Waals surface area contributed by atoms with Gasteiger partial charge in [0.25, 0.3) is 0 Å². The molecule has 1 unspecified atom stereocenters. The number of allylic oxidation sites excluding steroid dienone is 5. The van der Waals surface area contributed by atoms with E-state index in [-0.39, 0.29) is 11.3 Å². The van der Waals surface area contributed by atoms with Gasteiger partial charge in [-0.05, 0) is 11.6 Å². The van der Waals surface area contributed by atoms with E-state index in [4.69, 9.17) is 0 Å². The van der Waals surface area contributed by atoms with Gasteiger partial charge in [-0.2, -0.15) is 0 Å². The minimum Gasteiger partial charge on any atom is -0.332 e. The third kappa shape index (κ3) is 1.37. The van der Waals surface area contributed by atoms with Crippen LogP contribution in [0, 0.1) is 5.41 Å². The molecule has 13 heavy (non-hydrogen) atoms. The fourth-order valence-electron chi connectivity index (χ4n) is 1.72. The lowest BCUT2D eigenvalue weighted by atomic mass is 9.75. The zero-order valence-electron chi connectivity index (χ0n) is 7.30. The summed E-state index contributed by atoms with van der Waals surface area (Å²) in [5.74, 6) is 0.0816. The minimum atomic E-state index is -0.129. The Kier molecular flexibility index (Phi) is 1.91. The predicted octanol–water partition coefficient (Wildman–Crippen LogP) is 2.25. The van der Waals surface area contributed by atoms with Crippen molar-refractivity contribution >= 4 is 21.8 Å². The number of amides is 1. The summed E-state index contributed by atoms with van der Waals surface area (Å²) < 4.78 is 1.05. The number of hydrogen-bond donors (Lipinski definition) is 1. The number of hydrogen-bond acceptors (Lipinski definition) is 1. The molecule has 68 valence electrons. The number of rotatable bonds is 0. The number of nitrogens with one attached hydrogen (secondary N) is 1. The van der Waals surface area contributed by atoms with Crippen molar-refractivity contribution in [2.45, 2.75) is 13.3 Å². The molecular weight excluding hydrogens is 230 g/mol. The van der Waals surface area contributed by atoms with Gasteiger partial charge in [-0.25, -0.2) is 0 Å². The first-order valence-electron chi connectivity index (χ1n) is 4.17. The Morgan fingerprint density at radius 2 is 2.38 bits per heavy atom. The van der Waals surface area contributed by atoms with E-state index in [1.165, 1.54) is 0 Å². The second-order valence-electron chi connectivity index (χ2n) is 3.59. The van der Waals surface area contributed by atoms with Crippen LogP contribution in [0.3, 0.4) is 0 Å². The molecule has 0 spiro atoms. The maximum Gasteiger partial charge on any atom is 0.225 e. The lowest BCUT2D eigenvalue weighted by Crippen LogP contribution is -2.34. The summed E-state index contributed by atoms with van der Waals surface area (Å²) in [7, 11) is 0. The molecule has 0 radical (unpaired) electrons. The SMILES string of the molecule is CC12C=CC=C(Br)C1=CNC(=O)C2. The normalized spacial score (nSPS) is 31.7. The topological polar surface area (TPSA) is 29.1 Å². The number of fused-ring (bicyclic) bond motifs is 1. The van der Waals surface area contributed by atoms with E-state index in [0.717, 1.165) is 10.1 Å². The molecule has 1 N–H and O–H groups in total. The van der Waals surface area contributed by atoms with E-state index in [1.807, 2.05) is 12.2 Å². The average Bonchev–Trinajstić information content (AvgIpc) is 2.02. The monoisotopic (exact) mass is 239 g/mol. The van der Waals surface area contributed by atoms with Crippen LogP contribution in [-0.2, 0) is 4.79 Å². The first kappa shape index (κ1) is 8.75. The summed E-state index contributed by atoms with van der Waals surface area (Å²) in [6.45, 7) is 2.07. The summed E-state index contributed by atoms with van der Waals surface area (Å²) in [6, 6.07) is 0. The second kappa shape index (κ2) is 2.84. The van der Waals surface area contributed by atoms with E-state index >= 15 is 0 Å². The van der Waals surface area contributed by atoms with Crippen LogP contribution in [0.1, 0.15) is 13.3 Å². The molecule has 2 nitrogen and oxygen atoms in total. The van der Waals surface area contributed by atoms with E-state index in [2.05, 4.69) is 34.2 Å². The molecule has 0 aromatic rings. The fourth-order valence-corrected chi connectivity index (χ4v) is 2.44. The summed E-state index contributed by atoms with van der Waals surface area (Å²) in [5, 5.41) is 2.73. The molecule has 0 saturated heterocycles. The quantitative estimate of drug-likeness (QED) is 0.691. The van der Waals surface area contributed by atoms with Crippen LogP contribution in [0.5, 0.6) is 0 Å². The van der Waals surface area contributed by atoms with Gasteiger partial charge in [-0.15, -0.1) is 0 Å². The second-order valence-corrected chi connectivity index (χ2v) is 4.45. The molecule has 2 aliphatic rings. The zero-order chi connectivity index (χ0) is 9.47. The van der Waals surface area contributed by atoms with Crippen molar-refractivity contribution in [3.63, 3.8) is 0 Å². The molecule has 1 atom stereocenters. The van der Waals surface area contributed by atoms with Crippen LogP contribution in [0.4, 0.5) is 0 Å². The standard InChI is InChI=1S/C10H10BrNO/c1-10-4-2-3-8(11)7(10)6-12-9(13)5-10/h2-4,6H,5H2,1H3,(H,12,13). The highest BCUT2D eigenvalue weighted by Gasteiger charge is 2.34. The van der Waals surface area contributed by atoms with Gasteiger partial charge in [0.15, 0.2) is 0 Å². The molecule has 0 fully saturated rings. The highest BCUT2D eigenvalue weighted by molar-refractivity contribution is 9.12. The van der Waals surface area contributed by atoms with Crippen molar-refractivity contribution in [1.29, 1.82) is 0 Å². The van der Waals surface area contributed by atoms with Crippen LogP contribution >= 0.6 is 15.9 Å². The minimum absolute atomic E-state index is 0.0816. The molecule has 1 amide bonds. The Morgan fingerprint density at radius 1 is 1.62 bits per heavy atom. The average molecular weight is 240 g/mol. The third-order valence-electron chi connectivity index (χ3n) is 2.48. The van der Waals surface area contributed by atoms with Crippen LogP contribution in [-0.4, -0.2) is 5.91 Å². The first-order chi connectivity index (χ1) is 6.12. The van der Waals surface area contributed by atoms with Gasteiger partial charge in [0.1, 0.15) is 0 Å². The molecule has 1 heterocycles. The summed E-state index contributed by atoms with van der Waals surface area (Å²) in [6.07, 6.45) is 8.36. The van der Waals surface area contributed by atoms with E-state index in [0.29, 0.717) is 6.42 Å². The molecule has 0 bridgehead atoms. The predicted molar refractivity (Wildman–Crippen MR) is 55.1 cm³/mol. The molecule has 0 aromatic carbocycles. The Balaban J connectivity index is 2.48. The fraction of sp³-hybridized carbons (Fsp3) is 0.300. The Labute approximate surface area is 85.5 Å². The maximum atomic E-state index is 11.2. The molecule has 2 rings (SSSR count). The van der Waals surface area contributed by atoms with E-state index < -0.39 is 0 Å². The lowest BCUT2D eigenvalue weighted by molar-refractivity contribution is -0.121. The Morgan fingerprint density at radius 3 is 3.15 bits per heavy atom. The zero-order valence-corrected chi connectivity index (χ0v) is 8.89. The number of halogens is 1.